The Hall–Kier alpha value is -8.93. The van der Waals surface area contributed by atoms with E-state index in [1.165, 1.54) is 69.8 Å². The predicted octanol–water partition coefficient (Wildman–Crippen LogP) is 27.3. The van der Waals surface area contributed by atoms with Crippen LogP contribution < -0.4 is 34.2 Å². The average molecular weight is 1830 g/mol. The molecule has 6 aliphatic heterocycles. The van der Waals surface area contributed by atoms with E-state index in [0.717, 1.165) is 132 Å². The average Bonchev–Trinajstić information content (AvgIpc) is 1.53. The van der Waals surface area contributed by atoms with Crippen molar-refractivity contribution >= 4 is 176 Å². The topological polar surface area (TPSA) is 96.1 Å². The van der Waals surface area contributed by atoms with Gasteiger partial charge < -0.3 is 28.7 Å². The quantitative estimate of drug-likeness (QED) is 0.148. The maximum Gasteiger partial charge on any atom is 0.195 e. The van der Waals surface area contributed by atoms with Crippen molar-refractivity contribution in [2.75, 3.05) is 38.2 Å². The Bertz CT molecular complexity index is 6200. The third-order valence-electron chi connectivity index (χ3n) is 21.8. The van der Waals surface area contributed by atoms with Crippen LogP contribution in [0.1, 0.15) is 86.3 Å². The first-order valence-electron chi connectivity index (χ1n) is 36.7. The molecule has 0 atom stereocenters. The molecule has 21 rings (SSSR count). The lowest BCUT2D eigenvalue weighted by Gasteiger charge is -2.41. The van der Waals surface area contributed by atoms with Crippen molar-refractivity contribution in [3.8, 4) is 45.5 Å². The number of benzene rings is 12. The van der Waals surface area contributed by atoms with Gasteiger partial charge in [0.25, 0.3) is 0 Å². The summed E-state index contributed by atoms with van der Waals surface area (Å²) in [6, 6.07) is 86.6. The van der Waals surface area contributed by atoms with Crippen molar-refractivity contribution in [3.63, 3.8) is 0 Å². The standard InChI is InChI=1S/C54H44N4O4S3.C26H20Br2N2S.C13H6Br2OS/c1-53(2,3)52-30-45-37-10-8-9-11-38(37)54(58(45)55-52)39-24-31(56-41-18-14-33(59-4)26-48(41)64-49-27-34(60-5)15-19-42(49)56)12-22-46(39)63-47-23-13-32(25-40(47)54)57-43-20-16-35(61-6)28-50(43)65-51-29-36(62-7)17-21-44(51)57;1-25(2,3)24-14-21-17-6-4-5-7-18(17)26(30(21)29-24)19-12-15(27)8-10-22(19)31-23-11-9-16(28)13-20(23)26;14-7-1-3-11-9(5-7)13(16)10-6-8(15)2-4-12(10)17-11/h8-30H,1-7H3;4-14H,1-3H3;1-6H. The highest BCUT2D eigenvalue weighted by atomic mass is 79.9. The molecule has 0 saturated heterocycles. The molecular weight excluding hydrogens is 1760 g/mol. The molecule has 2 spiro atoms. The molecule has 0 aliphatic carbocycles. The number of fused-ring (bicyclic) bond motifs is 24. The fourth-order valence-electron chi connectivity index (χ4n) is 16.4. The summed E-state index contributed by atoms with van der Waals surface area (Å²) in [6.07, 6.45) is 0. The van der Waals surface area contributed by atoms with E-state index in [1.54, 1.807) is 63.3 Å². The van der Waals surface area contributed by atoms with E-state index in [0.29, 0.717) is 0 Å². The van der Waals surface area contributed by atoms with Crippen LogP contribution in [-0.4, -0.2) is 48.0 Å². The molecule has 11 nitrogen and oxygen atoms in total. The second-order valence-electron chi connectivity index (χ2n) is 30.4. The highest BCUT2D eigenvalue weighted by Gasteiger charge is 2.55. The summed E-state index contributed by atoms with van der Waals surface area (Å²) >= 11 is 23.1. The SMILES string of the molecule is CC(C)(C)c1cc2n(n1)C1(c3cc(Br)ccc3Sc3ccc(Br)cc31)c1ccccc1-2.COc1ccc2c(c1)Sc1cc(OC)ccc1N2c1ccc2c(c1)C1(c3cc(N4c5ccc(OC)cc5Sc5cc(OC)ccc54)ccc3S2)c2ccccc2-c2cc(C(C)(C)C)nn21.O=c1c2cc(Br)ccc2sc2ccc(Br)cc12. The molecule has 15 aromatic rings. The fourth-order valence-corrected chi connectivity index (χ4v) is 23.4. The summed E-state index contributed by atoms with van der Waals surface area (Å²) in [6.45, 7) is 13.4. The summed E-state index contributed by atoms with van der Waals surface area (Å²) in [5.41, 5.74) is 19.3. The summed E-state index contributed by atoms with van der Waals surface area (Å²) in [7, 11) is 6.88. The maximum absolute atomic E-state index is 12.4. The van der Waals surface area contributed by atoms with Gasteiger partial charge in [0.15, 0.2) is 5.43 Å². The number of hydrogen-bond donors (Lipinski definition) is 0. The molecular formula is C93H70Br4N6O5S5. The molecule has 0 bridgehead atoms. The van der Waals surface area contributed by atoms with Gasteiger partial charge in [-0.15, -0.1) is 11.3 Å². The van der Waals surface area contributed by atoms with E-state index in [-0.39, 0.29) is 16.3 Å². The Balaban J connectivity index is 0.000000145. The lowest BCUT2D eigenvalue weighted by atomic mass is 9.76. The van der Waals surface area contributed by atoms with Crippen LogP contribution in [0.5, 0.6) is 23.0 Å². The van der Waals surface area contributed by atoms with Crippen molar-refractivity contribution in [2.45, 2.75) is 103 Å². The second kappa shape index (κ2) is 28.2. The zero-order valence-corrected chi connectivity index (χ0v) is 73.3. The lowest BCUT2D eigenvalue weighted by molar-refractivity contribution is 0.413. The molecule has 0 N–H and O–H groups in total. The molecule has 0 radical (unpaired) electrons. The molecule has 0 amide bonds. The molecule has 0 fully saturated rings. The van der Waals surface area contributed by atoms with Crippen LogP contribution in [-0.2, 0) is 21.9 Å². The smallest absolute Gasteiger partial charge is 0.195 e. The van der Waals surface area contributed by atoms with Crippen LogP contribution in [0.3, 0.4) is 0 Å². The Morgan fingerprint density at radius 2 is 0.655 bits per heavy atom. The van der Waals surface area contributed by atoms with Gasteiger partial charge in [-0.1, -0.05) is 201 Å². The first-order valence-corrected chi connectivity index (χ1v) is 44.0. The third-order valence-corrected chi connectivity index (χ3v) is 29.4. The minimum atomic E-state index is -0.830. The zero-order chi connectivity index (χ0) is 77.9. The predicted molar refractivity (Wildman–Crippen MR) is 478 cm³/mol. The molecule has 6 aliphatic rings. The van der Waals surface area contributed by atoms with Crippen LogP contribution in [0.4, 0.5) is 34.1 Å². The van der Waals surface area contributed by atoms with Crippen molar-refractivity contribution in [2.24, 2.45) is 0 Å². The Labute approximate surface area is 710 Å². The van der Waals surface area contributed by atoms with E-state index in [1.807, 2.05) is 84.2 Å². The third kappa shape index (κ3) is 12.1. The molecule has 113 heavy (non-hydrogen) atoms. The molecule has 0 unspecified atom stereocenters. The lowest BCUT2D eigenvalue weighted by Crippen LogP contribution is -2.39. The molecule has 560 valence electrons. The number of rotatable bonds is 6. The van der Waals surface area contributed by atoms with Crippen molar-refractivity contribution < 1.29 is 18.9 Å². The number of halogens is 4. The Kier molecular flexibility index (Phi) is 18.5. The summed E-state index contributed by atoms with van der Waals surface area (Å²) in [4.78, 5) is 26.5. The van der Waals surface area contributed by atoms with Gasteiger partial charge in [-0.25, -0.2) is 9.36 Å². The van der Waals surface area contributed by atoms with E-state index in [9.17, 15) is 4.79 Å². The summed E-state index contributed by atoms with van der Waals surface area (Å²) < 4.78 is 33.7. The number of hydrogen-bond acceptors (Lipinski definition) is 14. The molecule has 3 aromatic heterocycles. The molecule has 12 aromatic carbocycles. The summed E-state index contributed by atoms with van der Waals surface area (Å²) in [5, 5.41) is 12.5. The highest BCUT2D eigenvalue weighted by Crippen LogP contribution is 2.64. The number of ether oxygens (including phenoxy) is 4. The fraction of sp³-hybridized carbons (Fsp3) is 0.151. The highest BCUT2D eigenvalue weighted by molar-refractivity contribution is 9.11. The Morgan fingerprint density at radius 3 is 1.01 bits per heavy atom. The largest absolute Gasteiger partial charge is 0.497 e. The van der Waals surface area contributed by atoms with Gasteiger partial charge >= 0.3 is 0 Å². The van der Waals surface area contributed by atoms with Crippen molar-refractivity contribution in [3.05, 3.63) is 316 Å². The van der Waals surface area contributed by atoms with Crippen LogP contribution in [0.2, 0.25) is 0 Å². The maximum atomic E-state index is 12.4. The number of nitrogens with zero attached hydrogens (tertiary/aromatic N) is 6. The molecule has 0 saturated carbocycles. The summed E-state index contributed by atoms with van der Waals surface area (Å²) in [5.74, 6) is 3.26. The normalized spacial score (nSPS) is 14.3. The zero-order valence-electron chi connectivity index (χ0n) is 62.9. The van der Waals surface area contributed by atoms with Crippen LogP contribution in [0.25, 0.3) is 42.7 Å². The van der Waals surface area contributed by atoms with Gasteiger partial charge in [0.2, 0.25) is 0 Å². The molecule has 20 heteroatoms. The first-order chi connectivity index (χ1) is 54.5. The Morgan fingerprint density at radius 1 is 0.336 bits per heavy atom. The van der Waals surface area contributed by atoms with E-state index in [2.05, 4.69) is 306 Å². The van der Waals surface area contributed by atoms with Gasteiger partial charge in [0.1, 0.15) is 34.1 Å². The van der Waals surface area contributed by atoms with Crippen LogP contribution >= 0.6 is 122 Å². The van der Waals surface area contributed by atoms with Gasteiger partial charge in [-0.3, -0.25) is 4.79 Å². The van der Waals surface area contributed by atoms with Crippen LogP contribution in [0.15, 0.2) is 305 Å². The van der Waals surface area contributed by atoms with E-state index < -0.39 is 11.1 Å². The van der Waals surface area contributed by atoms with Gasteiger partial charge in [-0.2, -0.15) is 10.2 Å². The van der Waals surface area contributed by atoms with E-state index in [4.69, 9.17) is 29.1 Å². The van der Waals surface area contributed by atoms with Gasteiger partial charge in [0, 0.05) is 133 Å². The number of aromatic nitrogens is 4. The van der Waals surface area contributed by atoms with Crippen LogP contribution in [0, 0.1) is 0 Å². The number of anilines is 6. The molecule has 9 heterocycles. The minimum Gasteiger partial charge on any atom is -0.497 e. The monoisotopic (exact) mass is 1830 g/mol. The minimum absolute atomic E-state index is 0.0307. The van der Waals surface area contributed by atoms with Gasteiger partial charge in [0.05, 0.1) is 74.0 Å². The van der Waals surface area contributed by atoms with Gasteiger partial charge in [-0.05, 0) is 205 Å². The first kappa shape index (κ1) is 74.2. The number of methoxy groups -OCH3 is 4. The van der Waals surface area contributed by atoms with Crippen molar-refractivity contribution in [1.82, 2.24) is 19.6 Å². The van der Waals surface area contributed by atoms with Crippen molar-refractivity contribution in [1.29, 1.82) is 0 Å². The van der Waals surface area contributed by atoms with E-state index >= 15 is 0 Å². The second-order valence-corrected chi connectivity index (χ2v) is 39.5.